The van der Waals surface area contributed by atoms with E-state index in [0.29, 0.717) is 0 Å². The maximum Gasteiger partial charge on any atom is 0.0431 e. The van der Waals surface area contributed by atoms with E-state index in [4.69, 9.17) is 0 Å². The first-order valence-electron chi connectivity index (χ1n) is 8.26. The van der Waals surface area contributed by atoms with Crippen LogP contribution >= 0.6 is 0 Å². The monoisotopic (exact) mass is 272 g/mol. The summed E-state index contributed by atoms with van der Waals surface area (Å²) >= 11 is 0. The topological polar surface area (TPSA) is 15.3 Å². The maximum atomic E-state index is 3.54. The van der Waals surface area contributed by atoms with E-state index in [-0.39, 0.29) is 0 Å². The molecular formula is C18H28N2. The second-order valence-corrected chi connectivity index (χ2v) is 6.84. The van der Waals surface area contributed by atoms with Gasteiger partial charge in [0.25, 0.3) is 0 Å². The maximum absolute atomic E-state index is 3.54. The largest absolute Gasteiger partial charge is 0.371 e. The molecule has 1 aromatic rings. The van der Waals surface area contributed by atoms with Crippen LogP contribution in [0.3, 0.4) is 0 Å². The average molecular weight is 272 g/mol. The van der Waals surface area contributed by atoms with Crippen LogP contribution in [0.1, 0.15) is 42.5 Å². The lowest BCUT2D eigenvalue weighted by Gasteiger charge is -2.35. The highest BCUT2D eigenvalue weighted by Crippen LogP contribution is 2.36. The second kappa shape index (κ2) is 5.77. The Hall–Kier alpha value is -1.02. The molecule has 0 unspecified atom stereocenters. The van der Waals surface area contributed by atoms with Gasteiger partial charge in [0.2, 0.25) is 0 Å². The van der Waals surface area contributed by atoms with Crippen molar-refractivity contribution in [1.29, 1.82) is 0 Å². The number of anilines is 1. The average Bonchev–Trinajstić information content (AvgIpc) is 2.63. The Labute approximate surface area is 123 Å². The molecule has 2 nitrogen and oxygen atoms in total. The molecule has 0 saturated carbocycles. The number of fused-ring (bicyclic) bond motifs is 2. The lowest BCUT2D eigenvalue weighted by molar-refractivity contribution is 0.583. The zero-order valence-electron chi connectivity index (χ0n) is 13.3. The molecule has 1 aromatic carbocycles. The van der Waals surface area contributed by atoms with Crippen LogP contribution in [0.15, 0.2) is 6.07 Å². The number of benzene rings is 1. The van der Waals surface area contributed by atoms with Gasteiger partial charge in [-0.05, 0) is 73.9 Å². The van der Waals surface area contributed by atoms with Crippen molar-refractivity contribution in [2.75, 3.05) is 31.1 Å². The van der Waals surface area contributed by atoms with Crippen molar-refractivity contribution in [1.82, 2.24) is 5.32 Å². The number of rotatable bonds is 2. The predicted molar refractivity (Wildman–Crippen MR) is 86.8 cm³/mol. The molecule has 20 heavy (non-hydrogen) atoms. The molecular weight excluding hydrogens is 244 g/mol. The molecule has 0 aliphatic carbocycles. The minimum atomic E-state index is 0.737. The van der Waals surface area contributed by atoms with Crippen LogP contribution < -0.4 is 10.2 Å². The van der Waals surface area contributed by atoms with Crippen molar-refractivity contribution in [3.8, 4) is 0 Å². The molecule has 2 heterocycles. The van der Waals surface area contributed by atoms with Gasteiger partial charge in [-0.1, -0.05) is 19.9 Å². The van der Waals surface area contributed by atoms with E-state index < -0.39 is 0 Å². The Morgan fingerprint density at radius 1 is 1.15 bits per heavy atom. The minimum absolute atomic E-state index is 0.737. The molecule has 2 aliphatic heterocycles. The highest BCUT2D eigenvalue weighted by atomic mass is 15.1. The van der Waals surface area contributed by atoms with E-state index in [2.05, 4.69) is 37.1 Å². The van der Waals surface area contributed by atoms with E-state index >= 15 is 0 Å². The van der Waals surface area contributed by atoms with Gasteiger partial charge in [0.05, 0.1) is 0 Å². The smallest absolute Gasteiger partial charge is 0.0431 e. The molecule has 3 rings (SSSR count). The summed E-state index contributed by atoms with van der Waals surface area (Å²) < 4.78 is 0. The molecule has 0 atom stereocenters. The van der Waals surface area contributed by atoms with Crippen LogP contribution in [0, 0.1) is 12.8 Å². The second-order valence-electron chi connectivity index (χ2n) is 6.84. The zero-order chi connectivity index (χ0) is 14.1. The third-order valence-electron chi connectivity index (χ3n) is 4.75. The number of nitrogens with one attached hydrogen (secondary N) is 1. The van der Waals surface area contributed by atoms with Crippen molar-refractivity contribution in [2.45, 2.75) is 46.5 Å². The molecule has 2 aliphatic rings. The van der Waals surface area contributed by atoms with Crippen LogP contribution in [0.25, 0.3) is 0 Å². The summed E-state index contributed by atoms with van der Waals surface area (Å²) in [4.78, 5) is 2.65. The van der Waals surface area contributed by atoms with Crippen LogP contribution in [-0.2, 0) is 19.3 Å². The Balaban J connectivity index is 2.04. The number of aryl methyl sites for hydroxylation is 1. The van der Waals surface area contributed by atoms with Crippen LogP contribution in [0.4, 0.5) is 5.69 Å². The van der Waals surface area contributed by atoms with Gasteiger partial charge < -0.3 is 10.2 Å². The molecule has 1 N–H and O–H groups in total. The summed E-state index contributed by atoms with van der Waals surface area (Å²) in [5.41, 5.74) is 7.99. The SMILES string of the molecule is Cc1c2c(cc3c1N(CC(C)C)CCC3)CCNCC2. The summed E-state index contributed by atoms with van der Waals surface area (Å²) in [5.74, 6) is 0.737. The first-order chi connectivity index (χ1) is 9.66. The third kappa shape index (κ3) is 2.58. The molecule has 110 valence electrons. The van der Waals surface area contributed by atoms with Gasteiger partial charge in [-0.15, -0.1) is 0 Å². The van der Waals surface area contributed by atoms with Crippen molar-refractivity contribution in [3.63, 3.8) is 0 Å². The molecule has 0 amide bonds. The summed E-state index contributed by atoms with van der Waals surface area (Å²) in [7, 11) is 0. The number of nitrogens with zero attached hydrogens (tertiary/aromatic N) is 1. The van der Waals surface area contributed by atoms with E-state index in [1.165, 1.54) is 38.8 Å². The Kier molecular flexibility index (Phi) is 4.02. The minimum Gasteiger partial charge on any atom is -0.371 e. The molecule has 2 heteroatoms. The quantitative estimate of drug-likeness (QED) is 0.890. The van der Waals surface area contributed by atoms with Gasteiger partial charge in [0.15, 0.2) is 0 Å². The zero-order valence-corrected chi connectivity index (χ0v) is 13.3. The summed E-state index contributed by atoms with van der Waals surface area (Å²) in [6.07, 6.45) is 4.99. The van der Waals surface area contributed by atoms with Gasteiger partial charge in [0, 0.05) is 18.8 Å². The highest BCUT2D eigenvalue weighted by molar-refractivity contribution is 5.65. The van der Waals surface area contributed by atoms with Crippen molar-refractivity contribution >= 4 is 5.69 Å². The third-order valence-corrected chi connectivity index (χ3v) is 4.75. The number of hydrogen-bond donors (Lipinski definition) is 1. The lowest BCUT2D eigenvalue weighted by Crippen LogP contribution is -2.33. The Bertz CT molecular complexity index is 491. The highest BCUT2D eigenvalue weighted by Gasteiger charge is 2.23. The van der Waals surface area contributed by atoms with E-state index in [1.54, 1.807) is 27.9 Å². The van der Waals surface area contributed by atoms with Gasteiger partial charge in [-0.3, -0.25) is 0 Å². The van der Waals surface area contributed by atoms with Crippen LogP contribution in [0.5, 0.6) is 0 Å². The van der Waals surface area contributed by atoms with Crippen molar-refractivity contribution < 1.29 is 0 Å². The molecule has 0 spiro atoms. The van der Waals surface area contributed by atoms with E-state index in [9.17, 15) is 0 Å². The summed E-state index contributed by atoms with van der Waals surface area (Å²) in [6, 6.07) is 2.52. The Morgan fingerprint density at radius 3 is 2.75 bits per heavy atom. The first kappa shape index (κ1) is 13.9. The van der Waals surface area contributed by atoms with E-state index in [0.717, 1.165) is 19.0 Å². The van der Waals surface area contributed by atoms with Gasteiger partial charge in [0.1, 0.15) is 0 Å². The van der Waals surface area contributed by atoms with E-state index in [1.807, 2.05) is 0 Å². The summed E-state index contributed by atoms with van der Waals surface area (Å²) in [6.45, 7) is 11.7. The molecule has 0 radical (unpaired) electrons. The van der Waals surface area contributed by atoms with Crippen LogP contribution in [-0.4, -0.2) is 26.2 Å². The van der Waals surface area contributed by atoms with Crippen LogP contribution in [0.2, 0.25) is 0 Å². The normalized spacial score (nSPS) is 18.7. The standard InChI is InChI=1S/C18H28N2/c1-13(2)12-20-10-4-5-16-11-15-6-8-19-9-7-17(15)14(3)18(16)20/h11,13,19H,4-10,12H2,1-3H3. The van der Waals surface area contributed by atoms with Crippen molar-refractivity contribution in [2.24, 2.45) is 5.92 Å². The lowest BCUT2D eigenvalue weighted by atomic mass is 9.88. The molecule has 0 saturated heterocycles. The fraction of sp³-hybridized carbons (Fsp3) is 0.667. The van der Waals surface area contributed by atoms with Crippen molar-refractivity contribution in [3.05, 3.63) is 28.3 Å². The fourth-order valence-corrected chi connectivity index (χ4v) is 3.95. The predicted octanol–water partition coefficient (Wildman–Crippen LogP) is 3.09. The first-order valence-corrected chi connectivity index (χ1v) is 8.26. The molecule has 0 bridgehead atoms. The Morgan fingerprint density at radius 2 is 1.95 bits per heavy atom. The molecule has 0 aromatic heterocycles. The van der Waals surface area contributed by atoms with Gasteiger partial charge in [-0.25, -0.2) is 0 Å². The van der Waals surface area contributed by atoms with Gasteiger partial charge >= 0.3 is 0 Å². The summed E-state index contributed by atoms with van der Waals surface area (Å²) in [5, 5.41) is 3.54. The molecule has 0 fully saturated rings. The number of hydrogen-bond acceptors (Lipinski definition) is 2. The fourth-order valence-electron chi connectivity index (χ4n) is 3.95. The van der Waals surface area contributed by atoms with Gasteiger partial charge in [-0.2, -0.15) is 0 Å².